The smallest absolute Gasteiger partial charge is 0.233 e. The van der Waals surface area contributed by atoms with E-state index in [1.807, 2.05) is 18.7 Å². The molecule has 0 aliphatic carbocycles. The van der Waals surface area contributed by atoms with Crippen molar-refractivity contribution in [1.29, 1.82) is 0 Å². The van der Waals surface area contributed by atoms with Crippen molar-refractivity contribution in [3.63, 3.8) is 0 Å². The number of ether oxygens (including phenoxy) is 1. The van der Waals surface area contributed by atoms with Crippen LogP contribution in [0.1, 0.15) is 20.3 Å². The molecule has 0 aromatic heterocycles. The molecule has 1 N–H and O–H groups in total. The Kier molecular flexibility index (Phi) is 6.69. The van der Waals surface area contributed by atoms with Crippen molar-refractivity contribution >= 4 is 23.2 Å². The number of anilines is 2. The zero-order valence-electron chi connectivity index (χ0n) is 16.7. The predicted octanol–water partition coefficient (Wildman–Crippen LogP) is 3.29. The van der Waals surface area contributed by atoms with E-state index < -0.39 is 0 Å². The molecule has 0 spiro atoms. The standard InChI is InChI=1S/C22H26FN3O3/c1-16(2)29-18-9-7-17(8-10-18)24-21(27)15-22(28)26-13-11-25(12-14-26)20-6-4-3-5-19(20)23/h3-10,16H,11-15H2,1-2H3,(H,24,27). The number of piperazine rings is 1. The van der Waals surface area contributed by atoms with Gasteiger partial charge in [-0.05, 0) is 50.2 Å². The van der Waals surface area contributed by atoms with Crippen LogP contribution in [0.15, 0.2) is 48.5 Å². The molecule has 0 bridgehead atoms. The Morgan fingerprint density at radius 2 is 1.69 bits per heavy atom. The average molecular weight is 399 g/mol. The molecule has 7 heteroatoms. The first-order valence-corrected chi connectivity index (χ1v) is 9.76. The molecule has 2 aromatic rings. The Morgan fingerprint density at radius 3 is 2.31 bits per heavy atom. The fraction of sp³-hybridized carbons (Fsp3) is 0.364. The Labute approximate surface area is 170 Å². The third kappa shape index (κ3) is 5.70. The van der Waals surface area contributed by atoms with Gasteiger partial charge in [-0.3, -0.25) is 9.59 Å². The van der Waals surface area contributed by atoms with Crippen LogP contribution in [0.4, 0.5) is 15.8 Å². The van der Waals surface area contributed by atoms with Crippen molar-refractivity contribution in [1.82, 2.24) is 4.90 Å². The topological polar surface area (TPSA) is 61.9 Å². The lowest BCUT2D eigenvalue weighted by molar-refractivity contribution is -0.134. The minimum Gasteiger partial charge on any atom is -0.491 e. The minimum atomic E-state index is -0.357. The number of amides is 2. The molecule has 29 heavy (non-hydrogen) atoms. The zero-order valence-corrected chi connectivity index (χ0v) is 16.7. The summed E-state index contributed by atoms with van der Waals surface area (Å²) in [4.78, 5) is 28.2. The van der Waals surface area contributed by atoms with E-state index in [1.165, 1.54) is 6.07 Å². The van der Waals surface area contributed by atoms with Crippen LogP contribution in [-0.4, -0.2) is 49.0 Å². The number of nitrogens with zero attached hydrogens (tertiary/aromatic N) is 2. The van der Waals surface area contributed by atoms with E-state index in [2.05, 4.69) is 5.32 Å². The number of benzene rings is 2. The van der Waals surface area contributed by atoms with Gasteiger partial charge in [-0.1, -0.05) is 12.1 Å². The molecule has 3 rings (SSSR count). The van der Waals surface area contributed by atoms with Gasteiger partial charge < -0.3 is 19.9 Å². The summed E-state index contributed by atoms with van der Waals surface area (Å²) in [6.07, 6.45) is -0.142. The number of nitrogens with one attached hydrogen (secondary N) is 1. The first-order chi connectivity index (χ1) is 13.9. The van der Waals surface area contributed by atoms with Crippen molar-refractivity contribution in [2.45, 2.75) is 26.4 Å². The molecule has 2 aromatic carbocycles. The summed E-state index contributed by atoms with van der Waals surface area (Å²) in [5, 5.41) is 2.73. The summed E-state index contributed by atoms with van der Waals surface area (Å²) in [7, 11) is 0. The molecule has 6 nitrogen and oxygen atoms in total. The zero-order chi connectivity index (χ0) is 20.8. The van der Waals surface area contributed by atoms with Crippen molar-refractivity contribution in [3.05, 3.63) is 54.3 Å². The molecule has 1 aliphatic rings. The van der Waals surface area contributed by atoms with Crippen LogP contribution < -0.4 is 15.0 Å². The summed E-state index contributed by atoms with van der Waals surface area (Å²) in [5.41, 5.74) is 1.16. The summed E-state index contributed by atoms with van der Waals surface area (Å²) in [6.45, 7) is 5.87. The molecule has 0 atom stereocenters. The van der Waals surface area contributed by atoms with Crippen molar-refractivity contribution in [3.8, 4) is 5.75 Å². The molecule has 1 heterocycles. The van der Waals surface area contributed by atoms with Gasteiger partial charge in [0.05, 0.1) is 11.8 Å². The summed E-state index contributed by atoms with van der Waals surface area (Å²) >= 11 is 0. The van der Waals surface area contributed by atoms with E-state index in [4.69, 9.17) is 4.74 Å². The molecule has 2 amide bonds. The number of rotatable bonds is 6. The molecular formula is C22H26FN3O3. The highest BCUT2D eigenvalue weighted by atomic mass is 19.1. The maximum absolute atomic E-state index is 13.9. The van der Waals surface area contributed by atoms with E-state index in [1.54, 1.807) is 47.4 Å². The fourth-order valence-electron chi connectivity index (χ4n) is 3.25. The molecule has 0 saturated carbocycles. The van der Waals surface area contributed by atoms with E-state index >= 15 is 0 Å². The normalized spacial score (nSPS) is 14.1. The summed E-state index contributed by atoms with van der Waals surface area (Å²) in [5.74, 6) is -0.127. The van der Waals surface area contributed by atoms with Gasteiger partial charge in [-0.2, -0.15) is 0 Å². The van der Waals surface area contributed by atoms with Gasteiger partial charge in [0.25, 0.3) is 0 Å². The molecule has 0 radical (unpaired) electrons. The Morgan fingerprint density at radius 1 is 1.03 bits per heavy atom. The van der Waals surface area contributed by atoms with Crippen LogP contribution >= 0.6 is 0 Å². The van der Waals surface area contributed by atoms with Crippen molar-refractivity contribution in [2.24, 2.45) is 0 Å². The van der Waals surface area contributed by atoms with Crippen molar-refractivity contribution < 1.29 is 18.7 Å². The number of hydrogen-bond donors (Lipinski definition) is 1. The van der Waals surface area contributed by atoms with E-state index in [-0.39, 0.29) is 30.2 Å². The lowest BCUT2D eigenvalue weighted by atomic mass is 10.2. The van der Waals surface area contributed by atoms with Crippen LogP contribution in [0.5, 0.6) is 5.75 Å². The Bertz CT molecular complexity index is 847. The molecular weight excluding hydrogens is 373 g/mol. The minimum absolute atomic E-state index is 0.0758. The van der Waals surface area contributed by atoms with Gasteiger partial charge in [-0.25, -0.2) is 4.39 Å². The molecule has 1 aliphatic heterocycles. The number of hydrogen-bond acceptors (Lipinski definition) is 4. The number of carbonyl (C=O) groups is 2. The lowest BCUT2D eigenvalue weighted by Gasteiger charge is -2.36. The van der Waals surface area contributed by atoms with E-state index in [0.717, 1.165) is 5.75 Å². The Balaban J connectivity index is 1.47. The van der Waals surface area contributed by atoms with Crippen LogP contribution in [0.25, 0.3) is 0 Å². The quantitative estimate of drug-likeness (QED) is 0.758. The van der Waals surface area contributed by atoms with Crippen LogP contribution in [0.3, 0.4) is 0 Å². The van der Waals surface area contributed by atoms with Gasteiger partial charge in [0.15, 0.2) is 0 Å². The SMILES string of the molecule is CC(C)Oc1ccc(NC(=O)CC(=O)N2CCN(c3ccccc3F)CC2)cc1. The summed E-state index contributed by atoms with van der Waals surface area (Å²) < 4.78 is 19.5. The first-order valence-electron chi connectivity index (χ1n) is 9.76. The lowest BCUT2D eigenvalue weighted by Crippen LogP contribution is -2.49. The predicted molar refractivity (Wildman–Crippen MR) is 111 cm³/mol. The van der Waals surface area contributed by atoms with Gasteiger partial charge in [0, 0.05) is 31.9 Å². The largest absolute Gasteiger partial charge is 0.491 e. The molecule has 1 fully saturated rings. The van der Waals surface area contributed by atoms with E-state index in [0.29, 0.717) is 37.6 Å². The van der Waals surface area contributed by atoms with Crippen molar-refractivity contribution in [2.75, 3.05) is 36.4 Å². The molecule has 0 unspecified atom stereocenters. The highest BCUT2D eigenvalue weighted by molar-refractivity contribution is 6.03. The summed E-state index contributed by atoms with van der Waals surface area (Å²) in [6, 6.07) is 13.7. The van der Waals surface area contributed by atoms with Gasteiger partial charge >= 0.3 is 0 Å². The molecule has 154 valence electrons. The monoisotopic (exact) mass is 399 g/mol. The van der Waals surface area contributed by atoms with Gasteiger partial charge in [-0.15, -0.1) is 0 Å². The van der Waals surface area contributed by atoms with Gasteiger partial charge in [0.2, 0.25) is 11.8 Å². The number of para-hydroxylation sites is 1. The second kappa shape index (κ2) is 9.41. The van der Waals surface area contributed by atoms with Crippen LogP contribution in [-0.2, 0) is 9.59 Å². The van der Waals surface area contributed by atoms with Crippen LogP contribution in [0.2, 0.25) is 0 Å². The van der Waals surface area contributed by atoms with Gasteiger partial charge in [0.1, 0.15) is 18.0 Å². The second-order valence-electron chi connectivity index (χ2n) is 7.24. The van der Waals surface area contributed by atoms with E-state index in [9.17, 15) is 14.0 Å². The fourth-order valence-corrected chi connectivity index (χ4v) is 3.25. The first kappa shape index (κ1) is 20.6. The highest BCUT2D eigenvalue weighted by Crippen LogP contribution is 2.21. The third-order valence-electron chi connectivity index (χ3n) is 4.65. The maximum atomic E-state index is 13.9. The second-order valence-corrected chi connectivity index (χ2v) is 7.24. The Hall–Kier alpha value is -3.09. The van der Waals surface area contributed by atoms with Crippen LogP contribution in [0, 0.1) is 5.82 Å². The third-order valence-corrected chi connectivity index (χ3v) is 4.65. The maximum Gasteiger partial charge on any atom is 0.233 e. The number of halogens is 1. The molecule has 1 saturated heterocycles. The highest BCUT2D eigenvalue weighted by Gasteiger charge is 2.24. The average Bonchev–Trinajstić information content (AvgIpc) is 2.69. The number of carbonyl (C=O) groups excluding carboxylic acids is 2.